The third-order valence-corrected chi connectivity index (χ3v) is 2.45. The maximum absolute atomic E-state index is 10.6. The molecule has 0 saturated heterocycles. The molecule has 15 heavy (non-hydrogen) atoms. The largest absolute Gasteiger partial charge is 0.591 e. The van der Waals surface area contributed by atoms with Gasteiger partial charge in [-0.15, -0.1) is 0 Å². The molecule has 0 aliphatic rings. The standard InChI is InChI=1S/C8H5O6P/c9-7(10)4-1-2-6(15(13)14)5(3-4)8(11)12/h1-3H,(H,9,10)(H,11,12). The molecule has 0 aliphatic heterocycles. The average Bonchev–Trinajstić information content (AvgIpc) is 2.16. The van der Waals surface area contributed by atoms with Crippen molar-refractivity contribution in [1.29, 1.82) is 0 Å². The molecule has 0 amide bonds. The number of rotatable bonds is 3. The first kappa shape index (κ1) is 11.3. The van der Waals surface area contributed by atoms with Crippen LogP contribution in [0.5, 0.6) is 0 Å². The minimum absolute atomic E-state index is 0.270. The van der Waals surface area contributed by atoms with Crippen molar-refractivity contribution in [2.45, 2.75) is 0 Å². The number of benzene rings is 1. The molecule has 2 N–H and O–H groups in total. The SMILES string of the molecule is O=C(O)c1ccc([P+](=O)[O-])c(C(=O)O)c1. The van der Waals surface area contributed by atoms with Crippen molar-refractivity contribution in [3.63, 3.8) is 0 Å². The van der Waals surface area contributed by atoms with Crippen LogP contribution in [0.2, 0.25) is 0 Å². The molecule has 0 fully saturated rings. The van der Waals surface area contributed by atoms with Crippen molar-refractivity contribution in [3.8, 4) is 0 Å². The molecule has 1 unspecified atom stereocenters. The van der Waals surface area contributed by atoms with Gasteiger partial charge < -0.3 is 15.1 Å². The van der Waals surface area contributed by atoms with Crippen molar-refractivity contribution in [1.82, 2.24) is 0 Å². The van der Waals surface area contributed by atoms with E-state index >= 15 is 0 Å². The summed E-state index contributed by atoms with van der Waals surface area (Å²) >= 11 is 0. The second-order valence-electron chi connectivity index (χ2n) is 2.60. The third-order valence-electron chi connectivity index (χ3n) is 1.67. The van der Waals surface area contributed by atoms with Gasteiger partial charge in [0.1, 0.15) is 5.56 Å². The second kappa shape index (κ2) is 4.16. The first-order valence-corrected chi connectivity index (χ1v) is 4.86. The van der Waals surface area contributed by atoms with Crippen LogP contribution >= 0.6 is 8.03 Å². The molecule has 0 spiro atoms. The fourth-order valence-electron chi connectivity index (χ4n) is 1.000. The number of carboxylic acid groups (broad SMARTS) is 2. The first-order chi connectivity index (χ1) is 6.93. The Balaban J connectivity index is 3.40. The maximum Gasteiger partial charge on any atom is 0.349 e. The highest BCUT2D eigenvalue weighted by atomic mass is 31.1. The maximum atomic E-state index is 10.6. The van der Waals surface area contributed by atoms with Crippen LogP contribution in [-0.4, -0.2) is 22.2 Å². The molecule has 78 valence electrons. The zero-order valence-corrected chi connectivity index (χ0v) is 8.10. The zero-order chi connectivity index (χ0) is 11.6. The summed E-state index contributed by atoms with van der Waals surface area (Å²) in [6.45, 7) is 0. The van der Waals surface area contributed by atoms with Crippen LogP contribution in [0.25, 0.3) is 0 Å². The monoisotopic (exact) mass is 228 g/mol. The fraction of sp³-hybridized carbons (Fsp3) is 0. The second-order valence-corrected chi connectivity index (χ2v) is 3.60. The minimum Gasteiger partial charge on any atom is -0.591 e. The molecule has 0 saturated carbocycles. The highest BCUT2D eigenvalue weighted by Gasteiger charge is 2.21. The molecule has 0 bridgehead atoms. The summed E-state index contributed by atoms with van der Waals surface area (Å²) in [6.07, 6.45) is 0. The molecule has 1 atom stereocenters. The zero-order valence-electron chi connectivity index (χ0n) is 7.21. The summed E-state index contributed by atoms with van der Waals surface area (Å²) in [5.41, 5.74) is -0.806. The van der Waals surface area contributed by atoms with Crippen LogP contribution in [0.15, 0.2) is 18.2 Å². The minimum atomic E-state index is -3.05. The van der Waals surface area contributed by atoms with E-state index in [9.17, 15) is 19.0 Å². The van der Waals surface area contributed by atoms with Gasteiger partial charge in [0.05, 0.1) is 5.56 Å². The summed E-state index contributed by atoms with van der Waals surface area (Å²) in [5.74, 6) is -2.79. The Morgan fingerprint density at radius 1 is 1.20 bits per heavy atom. The van der Waals surface area contributed by atoms with Crippen molar-refractivity contribution in [2.75, 3.05) is 0 Å². The molecule has 7 heteroatoms. The van der Waals surface area contributed by atoms with Gasteiger partial charge in [0.25, 0.3) is 0 Å². The van der Waals surface area contributed by atoms with E-state index in [4.69, 9.17) is 10.2 Å². The fourth-order valence-corrected chi connectivity index (χ4v) is 1.55. The molecule has 0 heterocycles. The Morgan fingerprint density at radius 2 is 1.80 bits per heavy atom. The van der Waals surface area contributed by atoms with Crippen molar-refractivity contribution >= 4 is 25.3 Å². The lowest BCUT2D eigenvalue weighted by molar-refractivity contribution is -0.160. The topological polar surface area (TPSA) is 115 Å². The Bertz CT molecular complexity index is 452. The molecule has 1 aromatic carbocycles. The molecule has 1 rings (SSSR count). The van der Waals surface area contributed by atoms with Gasteiger partial charge >= 0.3 is 20.0 Å². The number of carboxylic acids is 2. The summed E-state index contributed by atoms with van der Waals surface area (Å²) in [6, 6.07) is 2.80. The smallest absolute Gasteiger partial charge is 0.349 e. The van der Waals surface area contributed by atoms with Gasteiger partial charge in [-0.25, -0.2) is 9.59 Å². The molecule has 0 aliphatic carbocycles. The quantitative estimate of drug-likeness (QED) is 0.693. The van der Waals surface area contributed by atoms with E-state index in [-0.39, 0.29) is 5.56 Å². The van der Waals surface area contributed by atoms with Crippen LogP contribution in [0.1, 0.15) is 20.7 Å². The Kier molecular flexibility index (Phi) is 3.14. The van der Waals surface area contributed by atoms with Crippen molar-refractivity contribution in [2.24, 2.45) is 0 Å². The molecule has 1 aromatic rings. The highest BCUT2D eigenvalue weighted by Crippen LogP contribution is 2.14. The number of carbonyl (C=O) groups is 2. The van der Waals surface area contributed by atoms with Crippen molar-refractivity contribution < 1.29 is 29.3 Å². The average molecular weight is 228 g/mol. The molecule has 0 radical (unpaired) electrons. The summed E-state index contributed by atoms with van der Waals surface area (Å²) in [4.78, 5) is 31.8. The molecular weight excluding hydrogens is 223 g/mol. The van der Waals surface area contributed by atoms with Gasteiger partial charge in [-0.05, 0) is 18.2 Å². The van der Waals surface area contributed by atoms with Crippen LogP contribution < -0.4 is 10.2 Å². The Morgan fingerprint density at radius 3 is 2.20 bits per heavy atom. The Labute approximate surface area is 84.7 Å². The summed E-state index contributed by atoms with van der Waals surface area (Å²) < 4.78 is 10.6. The number of hydrogen-bond donors (Lipinski definition) is 2. The van der Waals surface area contributed by atoms with E-state index in [2.05, 4.69) is 0 Å². The molecular formula is C8H5O6P. The number of hydrogen-bond acceptors (Lipinski definition) is 4. The lowest BCUT2D eigenvalue weighted by Crippen LogP contribution is -2.17. The predicted octanol–water partition coefficient (Wildman–Crippen LogP) is -0.189. The van der Waals surface area contributed by atoms with Gasteiger partial charge in [0.2, 0.25) is 5.30 Å². The number of aromatic carboxylic acids is 2. The first-order valence-electron chi connectivity index (χ1n) is 3.68. The van der Waals surface area contributed by atoms with E-state index in [1.165, 1.54) is 0 Å². The van der Waals surface area contributed by atoms with E-state index in [0.717, 1.165) is 18.2 Å². The van der Waals surface area contributed by atoms with Crippen LogP contribution in [0, 0.1) is 0 Å². The Hall–Kier alpha value is -1.78. The van der Waals surface area contributed by atoms with E-state index in [1.807, 2.05) is 0 Å². The molecule has 0 aromatic heterocycles. The highest BCUT2D eigenvalue weighted by molar-refractivity contribution is 7.46. The van der Waals surface area contributed by atoms with Crippen LogP contribution in [-0.2, 0) is 4.57 Å². The van der Waals surface area contributed by atoms with Gasteiger partial charge in [-0.3, -0.25) is 0 Å². The van der Waals surface area contributed by atoms with Crippen LogP contribution in [0.3, 0.4) is 0 Å². The van der Waals surface area contributed by atoms with Gasteiger partial charge in [-0.1, -0.05) is 4.57 Å². The van der Waals surface area contributed by atoms with E-state index in [1.54, 1.807) is 0 Å². The van der Waals surface area contributed by atoms with E-state index < -0.39 is 30.8 Å². The van der Waals surface area contributed by atoms with Crippen LogP contribution in [0.4, 0.5) is 0 Å². The lowest BCUT2D eigenvalue weighted by Gasteiger charge is -1.99. The van der Waals surface area contributed by atoms with Gasteiger partial charge in [0.15, 0.2) is 0 Å². The molecule has 6 nitrogen and oxygen atoms in total. The van der Waals surface area contributed by atoms with Gasteiger partial charge in [-0.2, -0.15) is 0 Å². The third kappa shape index (κ3) is 2.37. The summed E-state index contributed by atoms with van der Waals surface area (Å²) in [5, 5.41) is 16.8. The van der Waals surface area contributed by atoms with Crippen molar-refractivity contribution in [3.05, 3.63) is 29.3 Å². The lowest BCUT2D eigenvalue weighted by atomic mass is 10.1. The summed E-state index contributed by atoms with van der Waals surface area (Å²) in [7, 11) is -3.05. The van der Waals surface area contributed by atoms with E-state index in [0.29, 0.717) is 0 Å². The van der Waals surface area contributed by atoms with Gasteiger partial charge in [0, 0.05) is 0 Å². The normalized spacial score (nSPS) is 10.9. The predicted molar refractivity (Wildman–Crippen MR) is 47.6 cm³/mol.